The van der Waals surface area contributed by atoms with Crippen molar-refractivity contribution >= 4 is 17.7 Å². The fourth-order valence-electron chi connectivity index (χ4n) is 7.09. The van der Waals surface area contributed by atoms with Gasteiger partial charge in [-0.15, -0.1) is 0 Å². The Morgan fingerprint density at radius 1 is 1.19 bits per heavy atom. The average Bonchev–Trinajstić information content (AvgIpc) is 3.38. The average molecular weight is 514 g/mol. The number of aliphatic hydroxyl groups excluding tert-OH is 1. The zero-order valence-electron chi connectivity index (χ0n) is 22.8. The lowest BCUT2D eigenvalue weighted by molar-refractivity contribution is -0.151. The second kappa shape index (κ2) is 10.7. The van der Waals surface area contributed by atoms with E-state index in [9.17, 15) is 19.5 Å². The summed E-state index contributed by atoms with van der Waals surface area (Å²) in [5.74, 6) is -2.22. The number of nitrogens with one attached hydrogen (secondary N) is 2. The predicted octanol–water partition coefficient (Wildman–Crippen LogP) is 2.43. The van der Waals surface area contributed by atoms with Crippen molar-refractivity contribution in [2.75, 3.05) is 13.2 Å². The predicted molar refractivity (Wildman–Crippen MR) is 140 cm³/mol. The molecule has 4 rings (SSSR count). The zero-order chi connectivity index (χ0) is 27.0. The molecule has 8 atom stereocenters. The van der Waals surface area contributed by atoms with Crippen LogP contribution < -0.4 is 10.6 Å². The van der Waals surface area contributed by atoms with Crippen molar-refractivity contribution in [3.05, 3.63) is 35.9 Å². The van der Waals surface area contributed by atoms with Crippen LogP contribution in [0.15, 0.2) is 30.3 Å². The third kappa shape index (κ3) is 4.56. The second-order valence-corrected chi connectivity index (χ2v) is 11.5. The third-order valence-electron chi connectivity index (χ3n) is 8.86. The third-order valence-corrected chi connectivity index (χ3v) is 8.86. The van der Waals surface area contributed by atoms with Gasteiger partial charge in [-0.1, -0.05) is 57.5 Å². The number of nitrogens with zero attached hydrogens (tertiary/aromatic N) is 1. The normalized spacial score (nSPS) is 33.8. The van der Waals surface area contributed by atoms with Crippen LogP contribution in [0.25, 0.3) is 0 Å². The molecule has 37 heavy (non-hydrogen) atoms. The van der Waals surface area contributed by atoms with Crippen LogP contribution in [0.3, 0.4) is 0 Å². The van der Waals surface area contributed by atoms with Crippen LogP contribution in [0.2, 0.25) is 0 Å². The van der Waals surface area contributed by atoms with Crippen molar-refractivity contribution < 1.29 is 24.2 Å². The standard InChI is InChI=1S/C29H43N3O5/c1-6-11-19(4)31-26(35)24-29-16-18(3)28(5,37-29)22(25(34)30-14-7-2)23(29)27(36)32(24)21(17-33)15-20-12-9-8-10-13-20/h8-10,12-13,18-19,21-24,33H,6-7,11,14-17H2,1-5H3,(H,30,34)(H,31,35)/t18?,19?,21-,22-,23+,24?,28+,29?/m1/s1. The first-order valence-corrected chi connectivity index (χ1v) is 13.9. The lowest BCUT2D eigenvalue weighted by atomic mass is 9.62. The number of benzene rings is 1. The monoisotopic (exact) mass is 513 g/mol. The van der Waals surface area contributed by atoms with E-state index in [0.717, 1.165) is 24.8 Å². The lowest BCUT2D eigenvalue weighted by Crippen LogP contribution is -2.59. The van der Waals surface area contributed by atoms with Crippen molar-refractivity contribution in [2.24, 2.45) is 17.8 Å². The molecule has 3 heterocycles. The van der Waals surface area contributed by atoms with Gasteiger partial charge in [-0.25, -0.2) is 0 Å². The Morgan fingerprint density at radius 3 is 2.51 bits per heavy atom. The van der Waals surface area contributed by atoms with Crippen molar-refractivity contribution in [3.63, 3.8) is 0 Å². The Balaban J connectivity index is 1.77. The number of ether oxygens (including phenoxy) is 1. The first-order chi connectivity index (χ1) is 17.6. The molecule has 0 aromatic heterocycles. The number of carbonyl (C=O) groups excluding carboxylic acids is 3. The molecule has 0 saturated carbocycles. The molecular formula is C29H43N3O5. The van der Waals surface area contributed by atoms with Crippen molar-refractivity contribution in [1.82, 2.24) is 15.5 Å². The van der Waals surface area contributed by atoms with Gasteiger partial charge in [0, 0.05) is 12.6 Å². The maximum absolute atomic E-state index is 14.3. The smallest absolute Gasteiger partial charge is 0.246 e. The molecule has 0 radical (unpaired) electrons. The Labute approximate surface area is 220 Å². The largest absolute Gasteiger partial charge is 0.394 e. The van der Waals surface area contributed by atoms with Crippen LogP contribution in [0.5, 0.6) is 0 Å². The molecule has 2 bridgehead atoms. The van der Waals surface area contributed by atoms with E-state index < -0.39 is 35.1 Å². The Bertz CT molecular complexity index is 1000. The minimum Gasteiger partial charge on any atom is -0.394 e. The van der Waals surface area contributed by atoms with Gasteiger partial charge in [0.25, 0.3) is 0 Å². The van der Waals surface area contributed by atoms with Crippen LogP contribution in [0, 0.1) is 17.8 Å². The number of aliphatic hydroxyl groups is 1. The molecule has 0 aliphatic carbocycles. The van der Waals surface area contributed by atoms with E-state index >= 15 is 0 Å². The first-order valence-electron chi connectivity index (χ1n) is 13.9. The molecular weight excluding hydrogens is 470 g/mol. The van der Waals surface area contributed by atoms with Gasteiger partial charge in [0.1, 0.15) is 11.6 Å². The zero-order valence-corrected chi connectivity index (χ0v) is 22.8. The van der Waals surface area contributed by atoms with E-state index in [4.69, 9.17) is 4.74 Å². The van der Waals surface area contributed by atoms with Crippen molar-refractivity contribution in [1.29, 1.82) is 0 Å². The highest BCUT2D eigenvalue weighted by Gasteiger charge is 2.80. The topological polar surface area (TPSA) is 108 Å². The molecule has 8 heteroatoms. The summed E-state index contributed by atoms with van der Waals surface area (Å²) in [6.45, 7) is 10.2. The first kappa shape index (κ1) is 27.6. The van der Waals surface area contributed by atoms with Gasteiger partial charge < -0.3 is 25.4 Å². The molecule has 204 valence electrons. The van der Waals surface area contributed by atoms with Gasteiger partial charge in [0.15, 0.2) is 0 Å². The molecule has 1 aromatic rings. The number of rotatable bonds is 11. The van der Waals surface area contributed by atoms with Gasteiger partial charge in [-0.2, -0.15) is 0 Å². The van der Waals surface area contributed by atoms with E-state index in [1.165, 1.54) is 0 Å². The number of fused-ring (bicyclic) bond motifs is 1. The summed E-state index contributed by atoms with van der Waals surface area (Å²) < 4.78 is 6.75. The SMILES string of the molecule is CCCNC(=O)[C@H]1[C@H]2C(=O)N([C@@H](CO)Cc3ccccc3)C(C(=O)NC(C)CCC)C23CC(C)[C@]1(C)O3. The summed E-state index contributed by atoms with van der Waals surface area (Å²) in [5, 5.41) is 16.6. The van der Waals surface area contributed by atoms with Gasteiger partial charge in [0.2, 0.25) is 17.7 Å². The van der Waals surface area contributed by atoms with Gasteiger partial charge in [-0.05, 0) is 51.0 Å². The molecule has 1 aromatic carbocycles. The highest BCUT2D eigenvalue weighted by molar-refractivity contribution is 5.99. The van der Waals surface area contributed by atoms with E-state index in [0.29, 0.717) is 19.4 Å². The molecule has 3 saturated heterocycles. The molecule has 3 amide bonds. The number of likely N-dealkylation sites (tertiary alicyclic amines) is 1. The number of hydrogen-bond acceptors (Lipinski definition) is 5. The number of hydrogen-bond donors (Lipinski definition) is 3. The van der Waals surface area contributed by atoms with Crippen LogP contribution in [-0.4, -0.2) is 70.2 Å². The van der Waals surface area contributed by atoms with E-state index in [2.05, 4.69) is 17.6 Å². The molecule has 3 fully saturated rings. The van der Waals surface area contributed by atoms with Crippen LogP contribution in [0.4, 0.5) is 0 Å². The fourth-order valence-corrected chi connectivity index (χ4v) is 7.09. The summed E-state index contributed by atoms with van der Waals surface area (Å²) in [4.78, 5) is 43.3. The van der Waals surface area contributed by atoms with Gasteiger partial charge >= 0.3 is 0 Å². The van der Waals surface area contributed by atoms with Crippen molar-refractivity contribution in [2.45, 2.75) is 96.1 Å². The van der Waals surface area contributed by atoms with Crippen LogP contribution >= 0.6 is 0 Å². The quantitative estimate of drug-likeness (QED) is 0.421. The Kier molecular flexibility index (Phi) is 8.00. The van der Waals surface area contributed by atoms with Crippen LogP contribution in [0.1, 0.15) is 65.9 Å². The summed E-state index contributed by atoms with van der Waals surface area (Å²) in [5.41, 5.74) is -0.990. The fraction of sp³-hybridized carbons (Fsp3) is 0.690. The van der Waals surface area contributed by atoms with E-state index in [1.807, 2.05) is 58.0 Å². The minimum absolute atomic E-state index is 0.0149. The molecule has 4 unspecified atom stereocenters. The molecule has 3 N–H and O–H groups in total. The van der Waals surface area contributed by atoms with E-state index in [-0.39, 0.29) is 36.3 Å². The second-order valence-electron chi connectivity index (χ2n) is 11.5. The molecule has 8 nitrogen and oxygen atoms in total. The Hall–Kier alpha value is -2.45. The maximum Gasteiger partial charge on any atom is 0.246 e. The summed E-state index contributed by atoms with van der Waals surface area (Å²) in [7, 11) is 0. The van der Waals surface area contributed by atoms with Crippen molar-refractivity contribution in [3.8, 4) is 0 Å². The summed E-state index contributed by atoms with van der Waals surface area (Å²) >= 11 is 0. The maximum atomic E-state index is 14.3. The number of carbonyl (C=O) groups is 3. The highest BCUT2D eigenvalue weighted by Crippen LogP contribution is 2.65. The Morgan fingerprint density at radius 2 is 1.89 bits per heavy atom. The lowest BCUT2D eigenvalue weighted by Gasteiger charge is -2.37. The molecule has 1 spiro atoms. The summed E-state index contributed by atoms with van der Waals surface area (Å²) in [6, 6.07) is 8.06. The number of amides is 3. The van der Waals surface area contributed by atoms with Gasteiger partial charge in [-0.3, -0.25) is 14.4 Å². The van der Waals surface area contributed by atoms with Crippen LogP contribution in [-0.2, 0) is 25.5 Å². The summed E-state index contributed by atoms with van der Waals surface area (Å²) in [6.07, 6.45) is 3.43. The minimum atomic E-state index is -1.11. The highest BCUT2D eigenvalue weighted by atomic mass is 16.5. The molecule has 3 aliphatic heterocycles. The van der Waals surface area contributed by atoms with E-state index in [1.54, 1.807) is 4.90 Å². The van der Waals surface area contributed by atoms with Gasteiger partial charge in [0.05, 0.1) is 30.1 Å². The molecule has 3 aliphatic rings.